The van der Waals surface area contributed by atoms with Crippen molar-refractivity contribution in [3.63, 3.8) is 0 Å². The SMILES string of the molecule is CC(C)CC(N)C(=O)NC1(c2ccc[n+](O)c2)CC1. The second kappa shape index (κ2) is 5.17. The van der Waals surface area contributed by atoms with E-state index in [-0.39, 0.29) is 11.4 Å². The van der Waals surface area contributed by atoms with Gasteiger partial charge >= 0.3 is 0 Å². The van der Waals surface area contributed by atoms with E-state index in [0.717, 1.165) is 23.1 Å². The van der Waals surface area contributed by atoms with Crippen molar-refractivity contribution in [1.82, 2.24) is 5.32 Å². The molecular weight excluding hydrogens is 242 g/mol. The maximum absolute atomic E-state index is 12.1. The molecule has 104 valence electrons. The van der Waals surface area contributed by atoms with Crippen LogP contribution in [-0.2, 0) is 10.3 Å². The van der Waals surface area contributed by atoms with Gasteiger partial charge in [0.15, 0.2) is 0 Å². The fourth-order valence-corrected chi connectivity index (χ4v) is 2.30. The van der Waals surface area contributed by atoms with Gasteiger partial charge in [-0.15, -0.1) is 0 Å². The van der Waals surface area contributed by atoms with Crippen molar-refractivity contribution >= 4 is 5.91 Å². The first-order valence-electron chi connectivity index (χ1n) is 6.71. The van der Waals surface area contributed by atoms with Crippen LogP contribution in [-0.4, -0.2) is 17.2 Å². The van der Waals surface area contributed by atoms with Gasteiger partial charge in [0, 0.05) is 16.4 Å². The second-order valence-corrected chi connectivity index (χ2v) is 5.78. The van der Waals surface area contributed by atoms with Crippen LogP contribution in [0.3, 0.4) is 0 Å². The predicted octanol–water partition coefficient (Wildman–Crippen LogP) is 0.690. The van der Waals surface area contributed by atoms with E-state index in [1.54, 1.807) is 18.5 Å². The van der Waals surface area contributed by atoms with Gasteiger partial charge in [0.25, 0.3) is 0 Å². The quantitative estimate of drug-likeness (QED) is 0.541. The molecule has 1 atom stereocenters. The summed E-state index contributed by atoms with van der Waals surface area (Å²) < 4.78 is 1.01. The molecule has 0 bridgehead atoms. The Balaban J connectivity index is 2.04. The van der Waals surface area contributed by atoms with Gasteiger partial charge in [-0.3, -0.25) is 10.0 Å². The zero-order valence-corrected chi connectivity index (χ0v) is 11.5. The molecule has 1 heterocycles. The minimum absolute atomic E-state index is 0.112. The number of aromatic nitrogens is 1. The van der Waals surface area contributed by atoms with Crippen LogP contribution in [0.25, 0.3) is 0 Å². The highest BCUT2D eigenvalue weighted by Crippen LogP contribution is 2.45. The molecule has 1 saturated carbocycles. The molecule has 0 aromatic carbocycles. The third-order valence-electron chi connectivity index (χ3n) is 3.51. The van der Waals surface area contributed by atoms with Crippen molar-refractivity contribution in [1.29, 1.82) is 0 Å². The van der Waals surface area contributed by atoms with Crippen LogP contribution in [0.2, 0.25) is 0 Å². The summed E-state index contributed by atoms with van der Waals surface area (Å²) in [7, 11) is 0. The van der Waals surface area contributed by atoms with Crippen LogP contribution in [0, 0.1) is 5.92 Å². The number of nitrogens with zero attached hydrogens (tertiary/aromatic N) is 1. The Kier molecular flexibility index (Phi) is 3.75. The first-order chi connectivity index (χ1) is 8.93. The van der Waals surface area contributed by atoms with E-state index >= 15 is 0 Å². The van der Waals surface area contributed by atoms with Gasteiger partial charge in [-0.25, -0.2) is 0 Å². The van der Waals surface area contributed by atoms with Gasteiger partial charge in [-0.2, -0.15) is 0 Å². The Hall–Kier alpha value is -1.62. The van der Waals surface area contributed by atoms with Crippen LogP contribution < -0.4 is 15.8 Å². The Morgan fingerprint density at radius 3 is 2.79 bits per heavy atom. The number of carbonyl (C=O) groups excluding carboxylic acids is 1. The maximum atomic E-state index is 12.1. The maximum Gasteiger partial charge on any atom is 0.237 e. The Morgan fingerprint density at radius 2 is 2.26 bits per heavy atom. The first-order valence-corrected chi connectivity index (χ1v) is 6.71. The molecule has 1 aliphatic rings. The summed E-state index contributed by atoms with van der Waals surface area (Å²) in [4.78, 5) is 12.1. The van der Waals surface area contributed by atoms with Crippen LogP contribution in [0.1, 0.15) is 38.7 Å². The summed E-state index contributed by atoms with van der Waals surface area (Å²) in [6.45, 7) is 4.10. The standard InChI is InChI=1S/C14H21N3O2/c1-10(2)8-12(15)13(18)16-14(5-6-14)11-4-3-7-17(19)9-11/h3-4,7,9-10,12H,5-6,8,15H2,1-2H3,(H-,16,18,19)/p+1. The highest BCUT2D eigenvalue weighted by atomic mass is 16.5. The Morgan fingerprint density at radius 1 is 1.58 bits per heavy atom. The van der Waals surface area contributed by atoms with Crippen molar-refractivity contribution in [2.24, 2.45) is 11.7 Å². The van der Waals surface area contributed by atoms with Crippen LogP contribution in [0.5, 0.6) is 0 Å². The van der Waals surface area contributed by atoms with E-state index in [1.807, 2.05) is 19.9 Å². The van der Waals surface area contributed by atoms with Crippen molar-refractivity contribution in [3.8, 4) is 0 Å². The largest absolute Gasteiger partial charge is 0.345 e. The molecule has 1 aromatic heterocycles. The molecule has 0 aliphatic heterocycles. The Labute approximate surface area is 113 Å². The topological polar surface area (TPSA) is 79.2 Å². The molecular formula is C14H22N3O2+. The average molecular weight is 264 g/mol. The van der Waals surface area contributed by atoms with E-state index in [4.69, 9.17) is 5.73 Å². The number of hydrogen-bond donors (Lipinski definition) is 3. The molecule has 1 unspecified atom stereocenters. The van der Waals surface area contributed by atoms with Gasteiger partial charge in [-0.05, 0) is 31.2 Å². The first kappa shape index (κ1) is 13.8. The third kappa shape index (κ3) is 3.23. The van der Waals surface area contributed by atoms with E-state index in [9.17, 15) is 10.0 Å². The Bertz CT molecular complexity index is 470. The number of rotatable bonds is 5. The van der Waals surface area contributed by atoms with Gasteiger partial charge in [0.05, 0.1) is 11.6 Å². The number of carbonyl (C=O) groups is 1. The number of amides is 1. The van der Waals surface area contributed by atoms with Crippen LogP contribution in [0.15, 0.2) is 24.5 Å². The van der Waals surface area contributed by atoms with Crippen molar-refractivity contribution in [3.05, 3.63) is 30.1 Å². The summed E-state index contributed by atoms with van der Waals surface area (Å²) in [5.74, 6) is 0.284. The summed E-state index contributed by atoms with van der Waals surface area (Å²) in [6.07, 6.45) is 5.62. The fourth-order valence-electron chi connectivity index (χ4n) is 2.30. The molecule has 0 radical (unpaired) electrons. The molecule has 5 nitrogen and oxygen atoms in total. The van der Waals surface area contributed by atoms with Crippen molar-refractivity contribution < 1.29 is 14.7 Å². The van der Waals surface area contributed by atoms with Gasteiger partial charge < -0.3 is 11.1 Å². The summed E-state index contributed by atoms with van der Waals surface area (Å²) in [6, 6.07) is 3.20. The lowest BCUT2D eigenvalue weighted by Gasteiger charge is -2.20. The highest BCUT2D eigenvalue weighted by Gasteiger charge is 2.47. The number of nitrogens with two attached hydrogens (primary N) is 1. The summed E-state index contributed by atoms with van der Waals surface area (Å²) >= 11 is 0. The number of hydrogen-bond acceptors (Lipinski definition) is 3. The molecule has 0 saturated heterocycles. The molecule has 4 N–H and O–H groups in total. The van der Waals surface area contributed by atoms with E-state index in [2.05, 4.69) is 5.32 Å². The smallest absolute Gasteiger partial charge is 0.237 e. The predicted molar refractivity (Wildman–Crippen MR) is 70.3 cm³/mol. The van der Waals surface area contributed by atoms with Gasteiger partial charge in [0.1, 0.15) is 0 Å². The van der Waals surface area contributed by atoms with Crippen LogP contribution in [0.4, 0.5) is 0 Å². The molecule has 5 heteroatoms. The van der Waals surface area contributed by atoms with Gasteiger partial charge in [0.2, 0.25) is 18.3 Å². The minimum Gasteiger partial charge on any atom is -0.345 e. The van der Waals surface area contributed by atoms with Crippen molar-refractivity contribution in [2.75, 3.05) is 0 Å². The summed E-state index contributed by atoms with van der Waals surface area (Å²) in [5.41, 5.74) is 6.48. The second-order valence-electron chi connectivity index (χ2n) is 5.78. The van der Waals surface area contributed by atoms with E-state index < -0.39 is 6.04 Å². The lowest BCUT2D eigenvalue weighted by atomic mass is 10.0. The molecule has 1 aromatic rings. The normalized spacial score (nSPS) is 18.1. The monoisotopic (exact) mass is 264 g/mol. The fraction of sp³-hybridized carbons (Fsp3) is 0.571. The zero-order valence-electron chi connectivity index (χ0n) is 11.5. The lowest BCUT2D eigenvalue weighted by Crippen LogP contribution is -2.46. The van der Waals surface area contributed by atoms with E-state index in [0.29, 0.717) is 12.3 Å². The number of pyridine rings is 1. The minimum atomic E-state index is -0.470. The van der Waals surface area contributed by atoms with Crippen LogP contribution >= 0.6 is 0 Å². The summed E-state index contributed by atoms with van der Waals surface area (Å²) in [5, 5.41) is 12.5. The third-order valence-corrected chi connectivity index (χ3v) is 3.51. The molecule has 2 rings (SSSR count). The molecule has 1 amide bonds. The average Bonchev–Trinajstić information content (AvgIpc) is 3.09. The highest BCUT2D eigenvalue weighted by molar-refractivity contribution is 5.82. The number of nitrogens with one attached hydrogen (secondary N) is 1. The van der Waals surface area contributed by atoms with Gasteiger partial charge in [-0.1, -0.05) is 13.8 Å². The lowest BCUT2D eigenvalue weighted by molar-refractivity contribution is -0.905. The van der Waals surface area contributed by atoms with E-state index in [1.165, 1.54) is 0 Å². The molecule has 0 spiro atoms. The van der Waals surface area contributed by atoms with Crippen molar-refractivity contribution in [2.45, 2.75) is 44.7 Å². The molecule has 19 heavy (non-hydrogen) atoms. The molecule has 1 fully saturated rings. The molecule has 1 aliphatic carbocycles. The zero-order chi connectivity index (χ0) is 14.0.